The van der Waals surface area contributed by atoms with E-state index in [1.165, 1.54) is 0 Å². The first-order valence-electron chi connectivity index (χ1n) is 4.94. The summed E-state index contributed by atoms with van der Waals surface area (Å²) >= 11 is 0. The van der Waals surface area contributed by atoms with Crippen LogP contribution < -0.4 is 5.73 Å². The Morgan fingerprint density at radius 2 is 1.93 bits per heavy atom. The Balaban J connectivity index is 2.78. The maximum absolute atomic E-state index is 9.01. The molecule has 0 bridgehead atoms. The van der Waals surface area contributed by atoms with E-state index in [9.17, 15) is 0 Å². The van der Waals surface area contributed by atoms with E-state index in [4.69, 9.17) is 10.8 Å². The summed E-state index contributed by atoms with van der Waals surface area (Å²) in [6.45, 7) is 7.63. The fourth-order valence-electron chi connectivity index (χ4n) is 1.02. The highest BCUT2D eigenvalue weighted by atomic mass is 16.3. The van der Waals surface area contributed by atoms with Gasteiger partial charge < -0.3 is 10.8 Å². The molecule has 86 valence electrons. The van der Waals surface area contributed by atoms with E-state index in [1.807, 2.05) is 20.8 Å². The lowest BCUT2D eigenvalue weighted by Gasteiger charge is -2.19. The van der Waals surface area contributed by atoms with E-state index in [-0.39, 0.29) is 12.1 Å². The average Bonchev–Trinajstić information content (AvgIpc) is 2.51. The Kier molecular flexibility index (Phi) is 3.11. The van der Waals surface area contributed by atoms with Crippen molar-refractivity contribution in [3.05, 3.63) is 5.82 Å². The Morgan fingerprint density at radius 1 is 1.33 bits per heavy atom. The average molecular weight is 213 g/mol. The summed E-state index contributed by atoms with van der Waals surface area (Å²) in [6, 6.07) is 0. The third kappa shape index (κ3) is 3.24. The van der Waals surface area contributed by atoms with Crippen LogP contribution in [0, 0.1) is 0 Å². The molecule has 1 atom stereocenters. The van der Waals surface area contributed by atoms with Crippen molar-refractivity contribution < 1.29 is 5.11 Å². The van der Waals surface area contributed by atoms with Gasteiger partial charge in [0.05, 0.1) is 12.1 Å². The highest BCUT2D eigenvalue weighted by Crippen LogP contribution is 2.11. The first kappa shape index (κ1) is 12.1. The zero-order valence-electron chi connectivity index (χ0n) is 9.73. The van der Waals surface area contributed by atoms with Crippen LogP contribution in [-0.2, 0) is 12.0 Å². The summed E-state index contributed by atoms with van der Waals surface area (Å²) in [6.07, 6.45) is 0.416. The molecule has 6 nitrogen and oxygen atoms in total. The molecule has 1 rings (SSSR count). The number of aromatic nitrogens is 4. The molecular formula is C9H19N5O. The van der Waals surface area contributed by atoms with Crippen molar-refractivity contribution in [2.24, 2.45) is 5.73 Å². The van der Waals surface area contributed by atoms with Gasteiger partial charge in [0.2, 0.25) is 0 Å². The van der Waals surface area contributed by atoms with Crippen LogP contribution in [0.5, 0.6) is 0 Å². The molecule has 0 amide bonds. The molecule has 0 spiro atoms. The van der Waals surface area contributed by atoms with Crippen LogP contribution in [0.2, 0.25) is 0 Å². The zero-order chi connectivity index (χ0) is 11.7. The number of nitrogens with two attached hydrogens (primary N) is 1. The van der Waals surface area contributed by atoms with Crippen molar-refractivity contribution in [3.8, 4) is 0 Å². The molecule has 15 heavy (non-hydrogen) atoms. The van der Waals surface area contributed by atoms with Gasteiger partial charge in [-0.2, -0.15) is 4.80 Å². The van der Waals surface area contributed by atoms with E-state index in [0.717, 1.165) is 0 Å². The second-order valence-electron chi connectivity index (χ2n) is 5.15. The molecule has 0 saturated heterocycles. The number of aliphatic hydroxyl groups is 1. The minimum Gasteiger partial charge on any atom is -0.394 e. The zero-order valence-corrected chi connectivity index (χ0v) is 9.73. The first-order valence-corrected chi connectivity index (χ1v) is 4.94. The standard InChI is InChI=1S/C9H19N5O/c1-8(2,3)14-12-7(11-13-14)5-9(4,10)6-15/h15H,5-6,10H2,1-4H3. The van der Waals surface area contributed by atoms with E-state index in [2.05, 4.69) is 15.4 Å². The van der Waals surface area contributed by atoms with Gasteiger partial charge in [-0.15, -0.1) is 10.2 Å². The minimum atomic E-state index is -0.689. The van der Waals surface area contributed by atoms with Crippen LogP contribution in [0.25, 0.3) is 0 Å². The summed E-state index contributed by atoms with van der Waals surface area (Å²) in [5, 5.41) is 21.1. The van der Waals surface area contributed by atoms with Crippen molar-refractivity contribution >= 4 is 0 Å². The molecular weight excluding hydrogens is 194 g/mol. The van der Waals surface area contributed by atoms with E-state index < -0.39 is 5.54 Å². The summed E-state index contributed by atoms with van der Waals surface area (Å²) in [7, 11) is 0. The lowest BCUT2D eigenvalue weighted by atomic mass is 10.0. The second-order valence-corrected chi connectivity index (χ2v) is 5.15. The molecule has 0 aliphatic rings. The maximum Gasteiger partial charge on any atom is 0.176 e. The first-order chi connectivity index (χ1) is 6.74. The number of rotatable bonds is 3. The van der Waals surface area contributed by atoms with Crippen LogP contribution >= 0.6 is 0 Å². The van der Waals surface area contributed by atoms with Crippen molar-refractivity contribution in [3.63, 3.8) is 0 Å². The van der Waals surface area contributed by atoms with Crippen molar-refractivity contribution in [2.75, 3.05) is 6.61 Å². The van der Waals surface area contributed by atoms with E-state index in [0.29, 0.717) is 12.2 Å². The van der Waals surface area contributed by atoms with Crippen LogP contribution in [0.4, 0.5) is 0 Å². The highest BCUT2D eigenvalue weighted by Gasteiger charge is 2.23. The predicted octanol–water partition coefficient (Wildman–Crippen LogP) is -0.320. The molecule has 0 fully saturated rings. The van der Waals surface area contributed by atoms with Crippen LogP contribution in [0.3, 0.4) is 0 Å². The number of aliphatic hydroxyl groups excluding tert-OH is 1. The monoisotopic (exact) mass is 213 g/mol. The summed E-state index contributed by atoms with van der Waals surface area (Å²) in [5.41, 5.74) is 4.93. The third-order valence-corrected chi connectivity index (χ3v) is 1.98. The highest BCUT2D eigenvalue weighted by molar-refractivity contribution is 4.91. The second kappa shape index (κ2) is 3.86. The number of nitrogens with zero attached hydrogens (tertiary/aromatic N) is 4. The summed E-state index contributed by atoms with van der Waals surface area (Å²) in [5.74, 6) is 0.559. The van der Waals surface area contributed by atoms with Gasteiger partial charge in [-0.3, -0.25) is 0 Å². The minimum absolute atomic E-state index is 0.100. The molecule has 1 aromatic rings. The van der Waals surface area contributed by atoms with E-state index in [1.54, 1.807) is 11.7 Å². The van der Waals surface area contributed by atoms with Crippen LogP contribution in [0.15, 0.2) is 0 Å². The lowest BCUT2D eigenvalue weighted by molar-refractivity contribution is 0.206. The molecule has 0 aromatic carbocycles. The molecule has 1 unspecified atom stereocenters. The van der Waals surface area contributed by atoms with Crippen LogP contribution in [0.1, 0.15) is 33.5 Å². The summed E-state index contributed by atoms with van der Waals surface area (Å²) < 4.78 is 0. The maximum atomic E-state index is 9.01. The lowest BCUT2D eigenvalue weighted by Crippen LogP contribution is -2.42. The number of hydrogen-bond acceptors (Lipinski definition) is 5. The largest absolute Gasteiger partial charge is 0.394 e. The normalized spacial score (nSPS) is 16.4. The smallest absolute Gasteiger partial charge is 0.176 e. The fraction of sp³-hybridized carbons (Fsp3) is 0.889. The Morgan fingerprint density at radius 3 is 2.33 bits per heavy atom. The van der Waals surface area contributed by atoms with Crippen molar-refractivity contribution in [2.45, 2.75) is 45.2 Å². The van der Waals surface area contributed by atoms with Crippen molar-refractivity contribution in [1.82, 2.24) is 20.2 Å². The molecule has 0 saturated carbocycles. The van der Waals surface area contributed by atoms with Gasteiger partial charge in [-0.1, -0.05) is 0 Å². The van der Waals surface area contributed by atoms with Gasteiger partial charge >= 0.3 is 0 Å². The predicted molar refractivity (Wildman–Crippen MR) is 56.2 cm³/mol. The Hall–Kier alpha value is -1.01. The van der Waals surface area contributed by atoms with E-state index >= 15 is 0 Å². The number of hydrogen-bond donors (Lipinski definition) is 2. The SMILES string of the molecule is CC(N)(CO)Cc1nnn(C(C)(C)C)n1. The van der Waals surface area contributed by atoms with Gasteiger partial charge in [0.1, 0.15) is 0 Å². The fourth-order valence-corrected chi connectivity index (χ4v) is 1.02. The molecule has 0 aliphatic carbocycles. The topological polar surface area (TPSA) is 89.9 Å². The van der Waals surface area contributed by atoms with Crippen LogP contribution in [-0.4, -0.2) is 37.5 Å². The van der Waals surface area contributed by atoms with Gasteiger partial charge in [-0.05, 0) is 32.9 Å². The van der Waals surface area contributed by atoms with Gasteiger partial charge in [-0.25, -0.2) is 0 Å². The molecule has 0 radical (unpaired) electrons. The van der Waals surface area contributed by atoms with Gasteiger partial charge in [0.15, 0.2) is 5.82 Å². The molecule has 6 heteroatoms. The molecule has 1 heterocycles. The molecule has 1 aromatic heterocycles. The molecule has 0 aliphatic heterocycles. The van der Waals surface area contributed by atoms with Gasteiger partial charge in [0.25, 0.3) is 0 Å². The van der Waals surface area contributed by atoms with Gasteiger partial charge in [0, 0.05) is 12.0 Å². The number of tetrazole rings is 1. The van der Waals surface area contributed by atoms with Crippen molar-refractivity contribution in [1.29, 1.82) is 0 Å². The summed E-state index contributed by atoms with van der Waals surface area (Å²) in [4.78, 5) is 1.55. The Labute approximate surface area is 89.5 Å². The Bertz CT molecular complexity index is 325. The third-order valence-electron chi connectivity index (χ3n) is 1.98. The molecule has 3 N–H and O–H groups in total. The quantitative estimate of drug-likeness (QED) is 0.718.